The van der Waals surface area contributed by atoms with Gasteiger partial charge >= 0.3 is 6.03 Å². The molecule has 6 nitrogen and oxygen atoms in total. The lowest BCUT2D eigenvalue weighted by Gasteiger charge is -2.29. The smallest absolute Gasteiger partial charge is 0.315 e. The molecule has 2 heterocycles. The van der Waals surface area contributed by atoms with Crippen LogP contribution in [-0.2, 0) is 4.74 Å². The molecule has 0 spiro atoms. The molecule has 0 unspecified atom stereocenters. The number of H-pyrrole nitrogens is 1. The first-order valence-corrected chi connectivity index (χ1v) is 8.09. The number of alkyl halides is 2. The number of aromatic nitrogens is 2. The fraction of sp³-hybridized carbons (Fsp3) is 0.733. The average Bonchev–Trinajstić information content (AvgIpc) is 3.18. The summed E-state index contributed by atoms with van der Waals surface area (Å²) in [5.74, 6) is -0.524. The van der Waals surface area contributed by atoms with Crippen LogP contribution in [0.25, 0.3) is 0 Å². The number of halogens is 2. The topological polar surface area (TPSA) is 79.0 Å². The van der Waals surface area contributed by atoms with Crippen LogP contribution in [0.4, 0.5) is 13.6 Å². The maximum atomic E-state index is 12.6. The van der Waals surface area contributed by atoms with E-state index in [1.807, 2.05) is 6.07 Å². The Balaban J connectivity index is 1.46. The molecule has 2 atom stereocenters. The summed E-state index contributed by atoms with van der Waals surface area (Å²) in [6.45, 7) is 0.578. The molecule has 8 heteroatoms. The Kier molecular flexibility index (Phi) is 5.09. The van der Waals surface area contributed by atoms with Crippen molar-refractivity contribution in [2.75, 3.05) is 6.61 Å². The zero-order chi connectivity index (χ0) is 16.2. The van der Waals surface area contributed by atoms with E-state index in [2.05, 4.69) is 20.8 Å². The van der Waals surface area contributed by atoms with Crippen molar-refractivity contribution in [1.82, 2.24) is 20.8 Å². The number of nitrogens with zero attached hydrogens (tertiary/aromatic N) is 1. The molecule has 1 saturated heterocycles. The van der Waals surface area contributed by atoms with E-state index in [1.54, 1.807) is 6.20 Å². The molecule has 0 aromatic carbocycles. The quantitative estimate of drug-likeness (QED) is 0.794. The van der Waals surface area contributed by atoms with Gasteiger partial charge in [-0.3, -0.25) is 5.10 Å². The maximum absolute atomic E-state index is 12.6. The number of ether oxygens (including phenoxy) is 1. The third-order valence-corrected chi connectivity index (χ3v) is 4.70. The van der Waals surface area contributed by atoms with Gasteiger partial charge in [0.25, 0.3) is 0 Å². The highest BCUT2D eigenvalue weighted by molar-refractivity contribution is 5.74. The number of amides is 2. The predicted molar refractivity (Wildman–Crippen MR) is 79.1 cm³/mol. The highest BCUT2D eigenvalue weighted by Gasteiger charge is 2.33. The van der Waals surface area contributed by atoms with Crippen molar-refractivity contribution in [3.63, 3.8) is 0 Å². The summed E-state index contributed by atoms with van der Waals surface area (Å²) in [6.07, 6.45) is 2.04. The Labute approximate surface area is 133 Å². The van der Waals surface area contributed by atoms with Gasteiger partial charge in [-0.25, -0.2) is 13.6 Å². The van der Waals surface area contributed by atoms with E-state index in [1.165, 1.54) is 0 Å². The van der Waals surface area contributed by atoms with E-state index < -0.39 is 12.3 Å². The monoisotopic (exact) mass is 328 g/mol. The second-order valence-corrected chi connectivity index (χ2v) is 6.26. The Morgan fingerprint density at radius 1 is 1.26 bits per heavy atom. The number of hydrogen-bond acceptors (Lipinski definition) is 3. The highest BCUT2D eigenvalue weighted by atomic mass is 19.3. The normalized spacial score (nSPS) is 31.3. The van der Waals surface area contributed by atoms with Crippen molar-refractivity contribution in [1.29, 1.82) is 0 Å². The summed E-state index contributed by atoms with van der Waals surface area (Å²) >= 11 is 0. The number of hydrogen-bond donors (Lipinski definition) is 3. The molecule has 1 aromatic rings. The van der Waals surface area contributed by atoms with E-state index in [-0.39, 0.29) is 24.2 Å². The molecule has 1 saturated carbocycles. The number of carbonyl (C=O) groups excluding carboxylic acids is 1. The van der Waals surface area contributed by atoms with E-state index >= 15 is 0 Å². The summed E-state index contributed by atoms with van der Waals surface area (Å²) in [7, 11) is 0. The molecular formula is C15H22F2N4O2. The summed E-state index contributed by atoms with van der Waals surface area (Å²) in [5, 5.41) is 12.6. The van der Waals surface area contributed by atoms with Crippen LogP contribution in [0, 0.1) is 5.92 Å². The van der Waals surface area contributed by atoms with Gasteiger partial charge in [0, 0.05) is 24.8 Å². The minimum Gasteiger partial charge on any atom is -0.370 e. The lowest BCUT2D eigenvalue weighted by molar-refractivity contribution is 0.0513. The standard InChI is InChI=1S/C15H22F2N4O2/c16-14(17)9-1-3-10(4-2-9)19-15(22)20-11-6-8-23-13(11)12-5-7-18-21-12/h5,7,9-11,13-14H,1-4,6,8H2,(H,18,21)(H2,19,20,22)/t9?,10?,11-,13-/m1/s1. The molecule has 128 valence electrons. The third-order valence-electron chi connectivity index (χ3n) is 4.70. The largest absolute Gasteiger partial charge is 0.370 e. The number of urea groups is 1. The van der Waals surface area contributed by atoms with Gasteiger partial charge in [0.2, 0.25) is 6.43 Å². The highest BCUT2D eigenvalue weighted by Crippen LogP contribution is 2.30. The molecule has 1 aromatic heterocycles. The molecule has 2 amide bonds. The summed E-state index contributed by atoms with van der Waals surface area (Å²) < 4.78 is 30.9. The Morgan fingerprint density at radius 3 is 2.70 bits per heavy atom. The summed E-state index contributed by atoms with van der Waals surface area (Å²) in [6, 6.07) is 1.42. The first-order valence-electron chi connectivity index (χ1n) is 8.09. The zero-order valence-electron chi connectivity index (χ0n) is 12.8. The minimum atomic E-state index is -2.25. The lowest BCUT2D eigenvalue weighted by Crippen LogP contribution is -2.48. The molecule has 3 N–H and O–H groups in total. The molecule has 0 bridgehead atoms. The van der Waals surface area contributed by atoms with E-state index in [4.69, 9.17) is 4.74 Å². The molecule has 23 heavy (non-hydrogen) atoms. The number of carbonyl (C=O) groups is 1. The van der Waals surface area contributed by atoms with Crippen LogP contribution in [0.15, 0.2) is 12.3 Å². The number of rotatable bonds is 4. The molecule has 1 aliphatic carbocycles. The van der Waals surface area contributed by atoms with Crippen molar-refractivity contribution in [2.24, 2.45) is 5.92 Å². The summed E-state index contributed by atoms with van der Waals surface area (Å²) in [4.78, 5) is 12.1. The molecule has 1 aliphatic heterocycles. The van der Waals surface area contributed by atoms with Gasteiger partial charge in [0.05, 0.1) is 11.7 Å². The molecule has 3 rings (SSSR count). The van der Waals surface area contributed by atoms with Crippen molar-refractivity contribution < 1.29 is 18.3 Å². The first-order chi connectivity index (χ1) is 11.1. The van der Waals surface area contributed by atoms with Crippen molar-refractivity contribution in [3.8, 4) is 0 Å². The Hall–Kier alpha value is -1.70. The van der Waals surface area contributed by atoms with Crippen LogP contribution >= 0.6 is 0 Å². The van der Waals surface area contributed by atoms with Gasteiger partial charge in [-0.1, -0.05) is 0 Å². The van der Waals surface area contributed by atoms with Crippen LogP contribution in [0.2, 0.25) is 0 Å². The number of nitrogens with one attached hydrogen (secondary N) is 3. The van der Waals surface area contributed by atoms with Gasteiger partial charge in [-0.15, -0.1) is 0 Å². The molecule has 0 radical (unpaired) electrons. The Morgan fingerprint density at radius 2 is 2.04 bits per heavy atom. The number of aromatic amines is 1. The lowest BCUT2D eigenvalue weighted by atomic mass is 9.86. The first kappa shape index (κ1) is 16.2. The maximum Gasteiger partial charge on any atom is 0.315 e. The second-order valence-electron chi connectivity index (χ2n) is 6.26. The third kappa shape index (κ3) is 3.99. The van der Waals surface area contributed by atoms with Gasteiger partial charge in [0.15, 0.2) is 0 Å². The molecule has 2 aliphatic rings. The van der Waals surface area contributed by atoms with E-state index in [0.717, 1.165) is 12.1 Å². The van der Waals surface area contributed by atoms with Gasteiger partial charge in [-0.05, 0) is 38.2 Å². The average molecular weight is 328 g/mol. The van der Waals surface area contributed by atoms with Crippen molar-refractivity contribution in [3.05, 3.63) is 18.0 Å². The van der Waals surface area contributed by atoms with E-state index in [9.17, 15) is 13.6 Å². The predicted octanol–water partition coefficient (Wildman–Crippen LogP) is 2.36. The van der Waals surface area contributed by atoms with Crippen molar-refractivity contribution in [2.45, 2.75) is 56.7 Å². The van der Waals surface area contributed by atoms with Crippen LogP contribution in [-0.4, -0.2) is 41.3 Å². The van der Waals surface area contributed by atoms with Gasteiger partial charge in [0.1, 0.15) is 6.10 Å². The minimum absolute atomic E-state index is 0.0297. The van der Waals surface area contributed by atoms with E-state index in [0.29, 0.717) is 32.3 Å². The molecular weight excluding hydrogens is 306 g/mol. The van der Waals surface area contributed by atoms with Crippen LogP contribution < -0.4 is 10.6 Å². The Bertz CT molecular complexity index is 504. The SMILES string of the molecule is O=C(NC1CCC(C(F)F)CC1)N[C@@H]1CCO[C@H]1c1ccn[nH]1. The van der Waals surface area contributed by atoms with Crippen LogP contribution in [0.3, 0.4) is 0 Å². The fourth-order valence-electron chi connectivity index (χ4n) is 3.38. The van der Waals surface area contributed by atoms with Crippen LogP contribution in [0.5, 0.6) is 0 Å². The van der Waals surface area contributed by atoms with Gasteiger partial charge in [-0.2, -0.15) is 5.10 Å². The summed E-state index contributed by atoms with van der Waals surface area (Å²) in [5.41, 5.74) is 0.838. The fourth-order valence-corrected chi connectivity index (χ4v) is 3.38. The molecule has 2 fully saturated rings. The second kappa shape index (κ2) is 7.25. The van der Waals surface area contributed by atoms with Crippen molar-refractivity contribution >= 4 is 6.03 Å². The van der Waals surface area contributed by atoms with Crippen LogP contribution in [0.1, 0.15) is 43.9 Å². The van der Waals surface area contributed by atoms with Gasteiger partial charge < -0.3 is 15.4 Å². The zero-order valence-corrected chi connectivity index (χ0v) is 12.8.